The number of hydrogen-bond acceptors (Lipinski definition) is 8. The number of hydrogen-bond donors (Lipinski definition) is 0. The Morgan fingerprint density at radius 1 is 1.05 bits per heavy atom. The van der Waals surface area contributed by atoms with E-state index in [1.165, 1.54) is 28.6 Å². The lowest BCUT2D eigenvalue weighted by molar-refractivity contribution is -0.275. The average molecular weight is 612 g/mol. The van der Waals surface area contributed by atoms with E-state index in [9.17, 15) is 31.9 Å². The van der Waals surface area contributed by atoms with Crippen LogP contribution in [0.4, 0.5) is 17.6 Å². The number of aromatic nitrogens is 4. The van der Waals surface area contributed by atoms with Gasteiger partial charge in [-0.1, -0.05) is 12.1 Å². The lowest BCUT2D eigenvalue weighted by atomic mass is 9.99. The molecular weight excluding hydrogens is 586 g/mol. The van der Waals surface area contributed by atoms with Gasteiger partial charge in [0, 0.05) is 37.2 Å². The van der Waals surface area contributed by atoms with Crippen molar-refractivity contribution in [3.05, 3.63) is 77.8 Å². The molecule has 2 aliphatic rings. The number of fused-ring (bicyclic) bond motifs is 2. The van der Waals surface area contributed by atoms with Crippen LogP contribution in [0.1, 0.15) is 41.6 Å². The van der Waals surface area contributed by atoms with Crippen LogP contribution in [-0.2, 0) is 29.2 Å². The predicted molar refractivity (Wildman–Crippen MR) is 145 cm³/mol. The first-order valence-corrected chi connectivity index (χ1v) is 13.8. The first-order chi connectivity index (χ1) is 21.0. The number of alkyl halides is 3. The van der Waals surface area contributed by atoms with E-state index in [0.717, 1.165) is 6.07 Å². The van der Waals surface area contributed by atoms with E-state index in [-0.39, 0.29) is 42.2 Å². The quantitative estimate of drug-likeness (QED) is 0.191. The maximum atomic E-state index is 14.7. The molecule has 0 radical (unpaired) electrons. The van der Waals surface area contributed by atoms with Crippen molar-refractivity contribution in [2.24, 2.45) is 5.92 Å². The van der Waals surface area contributed by atoms with Crippen LogP contribution < -0.4 is 9.47 Å². The summed E-state index contributed by atoms with van der Waals surface area (Å²) < 4.78 is 63.6. The van der Waals surface area contributed by atoms with Crippen LogP contribution in [0, 0.1) is 11.7 Å². The third kappa shape index (κ3) is 5.96. The van der Waals surface area contributed by atoms with Crippen LogP contribution in [0.2, 0.25) is 0 Å². The van der Waals surface area contributed by atoms with Crippen molar-refractivity contribution in [1.82, 2.24) is 24.6 Å². The molecule has 1 aliphatic heterocycles. The fourth-order valence-corrected chi connectivity index (χ4v) is 5.70. The molecule has 3 heterocycles. The maximum absolute atomic E-state index is 14.7. The fraction of sp³-hybridized carbons (Fsp3) is 0.333. The zero-order valence-corrected chi connectivity index (χ0v) is 23.3. The molecule has 0 N–H and O–H groups in total. The number of piperidine rings is 1. The molecule has 228 valence electrons. The maximum Gasteiger partial charge on any atom is 0.573 e. The average Bonchev–Trinajstić information content (AvgIpc) is 3.49. The Balaban J connectivity index is 1.19. The van der Waals surface area contributed by atoms with Gasteiger partial charge in [-0.05, 0) is 54.7 Å². The van der Waals surface area contributed by atoms with Gasteiger partial charge in [0.05, 0.1) is 11.6 Å². The normalized spacial score (nSPS) is 19.1. The molecule has 3 atom stereocenters. The zero-order chi connectivity index (χ0) is 31.2. The molecule has 14 heteroatoms. The van der Waals surface area contributed by atoms with E-state index in [1.807, 2.05) is 0 Å². The lowest BCUT2D eigenvalue weighted by Gasteiger charge is -2.27. The molecule has 1 aliphatic carbocycles. The summed E-state index contributed by atoms with van der Waals surface area (Å²) in [6, 6.07) is 8.84. The van der Waals surface area contributed by atoms with Gasteiger partial charge >= 0.3 is 6.36 Å². The first-order valence-electron chi connectivity index (χ1n) is 13.8. The van der Waals surface area contributed by atoms with Crippen LogP contribution in [0.25, 0.3) is 10.9 Å². The smallest absolute Gasteiger partial charge is 0.486 e. The topological polar surface area (TPSA) is 117 Å². The van der Waals surface area contributed by atoms with Crippen LogP contribution >= 0.6 is 0 Å². The Bertz CT molecular complexity index is 1760. The summed E-state index contributed by atoms with van der Waals surface area (Å²) in [5.41, 5.74) is 0.388. The van der Waals surface area contributed by atoms with Crippen LogP contribution in [0.15, 0.2) is 54.9 Å². The van der Waals surface area contributed by atoms with Gasteiger partial charge in [-0.25, -0.2) is 14.4 Å². The molecule has 4 aromatic rings. The molecule has 1 saturated heterocycles. The minimum atomic E-state index is -5.09. The Labute approximate surface area is 247 Å². The minimum Gasteiger partial charge on any atom is -0.486 e. The van der Waals surface area contributed by atoms with Crippen molar-refractivity contribution >= 4 is 28.4 Å². The van der Waals surface area contributed by atoms with Gasteiger partial charge in [0.25, 0.3) is 0 Å². The van der Waals surface area contributed by atoms with Crippen molar-refractivity contribution in [3.8, 4) is 11.5 Å². The number of likely N-dealkylation sites (tertiary alicyclic amines) is 1. The van der Waals surface area contributed by atoms with Crippen LogP contribution in [0.5, 0.6) is 11.5 Å². The number of nitrogens with zero attached hydrogens (tertiary/aromatic N) is 5. The summed E-state index contributed by atoms with van der Waals surface area (Å²) >= 11 is 0. The molecule has 2 aromatic heterocycles. The molecule has 1 saturated carbocycles. The number of rotatable bonds is 10. The number of halogens is 4. The van der Waals surface area contributed by atoms with E-state index in [0.29, 0.717) is 35.3 Å². The standard InChI is InChI=1S/C30H25F4N5O5/c1-16(40)29-20-13-19(43-15-26-35-8-3-9-36-26)6-7-21(20)38(37-29)14-27(42)39-22-10-18(22)11-23(39)24(41)12-17-4-2-5-25(28(17)31)44-30(32,33)34/h2-9,13,18,22-23H,10-12,14-15H2,1H3/t18-,22-,23+/m1/s1. The third-order valence-electron chi connectivity index (χ3n) is 7.73. The summed E-state index contributed by atoms with van der Waals surface area (Å²) in [5.74, 6) is -2.51. The second-order valence-electron chi connectivity index (χ2n) is 10.7. The second-order valence-corrected chi connectivity index (χ2v) is 10.7. The predicted octanol–water partition coefficient (Wildman–Crippen LogP) is 4.45. The largest absolute Gasteiger partial charge is 0.573 e. The molecular formula is C30H25F4N5O5. The summed E-state index contributed by atoms with van der Waals surface area (Å²) in [6.07, 6.45) is -1.33. The van der Waals surface area contributed by atoms with Gasteiger partial charge < -0.3 is 14.4 Å². The molecule has 0 spiro atoms. The van der Waals surface area contributed by atoms with Gasteiger partial charge in [0.2, 0.25) is 5.91 Å². The van der Waals surface area contributed by atoms with Gasteiger partial charge in [-0.15, -0.1) is 13.2 Å². The molecule has 10 nitrogen and oxygen atoms in total. The van der Waals surface area contributed by atoms with Crippen molar-refractivity contribution < 1.29 is 41.4 Å². The number of ketones is 2. The van der Waals surface area contributed by atoms with Gasteiger partial charge in [0.1, 0.15) is 24.6 Å². The van der Waals surface area contributed by atoms with Gasteiger partial charge in [-0.3, -0.25) is 19.1 Å². The Hall–Kier alpha value is -4.88. The van der Waals surface area contributed by atoms with Gasteiger partial charge in [0.15, 0.2) is 29.0 Å². The van der Waals surface area contributed by atoms with Crippen molar-refractivity contribution in [1.29, 1.82) is 0 Å². The summed E-state index contributed by atoms with van der Waals surface area (Å²) in [4.78, 5) is 49.0. The molecule has 0 unspecified atom stereocenters. The summed E-state index contributed by atoms with van der Waals surface area (Å²) in [6.45, 7) is 1.19. The molecule has 44 heavy (non-hydrogen) atoms. The van der Waals surface area contributed by atoms with Gasteiger partial charge in [-0.2, -0.15) is 5.10 Å². The van der Waals surface area contributed by atoms with E-state index in [4.69, 9.17) is 4.74 Å². The second kappa shape index (κ2) is 11.3. The van der Waals surface area contributed by atoms with E-state index < -0.39 is 42.1 Å². The van der Waals surface area contributed by atoms with Crippen molar-refractivity contribution in [3.63, 3.8) is 0 Å². The highest BCUT2D eigenvalue weighted by Crippen LogP contribution is 2.48. The number of benzene rings is 2. The number of Topliss-reactive ketones (excluding diaryl/α,β-unsaturated/α-hetero) is 2. The lowest BCUT2D eigenvalue weighted by Crippen LogP contribution is -2.45. The van der Waals surface area contributed by atoms with Crippen molar-refractivity contribution in [2.75, 3.05) is 0 Å². The molecule has 6 rings (SSSR count). The molecule has 2 fully saturated rings. The molecule has 1 amide bonds. The SMILES string of the molecule is CC(=O)c1nn(CC(=O)N2[C@@H]3C[C@@H]3C[C@H]2C(=O)Cc2cccc(OC(F)(F)F)c2F)c2ccc(OCc3ncccn3)cc12. The molecule has 2 aromatic carbocycles. The third-order valence-corrected chi connectivity index (χ3v) is 7.73. The number of ether oxygens (including phenoxy) is 2. The number of carbonyl (C=O) groups excluding carboxylic acids is 3. The van der Waals surface area contributed by atoms with Crippen molar-refractivity contribution in [2.45, 2.75) is 57.8 Å². The highest BCUT2D eigenvalue weighted by molar-refractivity contribution is 6.05. The summed E-state index contributed by atoms with van der Waals surface area (Å²) in [7, 11) is 0. The van der Waals surface area contributed by atoms with Crippen LogP contribution in [-0.4, -0.2) is 60.6 Å². The number of amides is 1. The number of carbonyl (C=O) groups is 3. The fourth-order valence-electron chi connectivity index (χ4n) is 5.70. The highest BCUT2D eigenvalue weighted by Gasteiger charge is 2.55. The monoisotopic (exact) mass is 611 g/mol. The summed E-state index contributed by atoms with van der Waals surface area (Å²) in [5, 5.41) is 4.86. The first kappa shape index (κ1) is 29.2. The zero-order valence-electron chi connectivity index (χ0n) is 23.3. The Kier molecular flexibility index (Phi) is 7.51. The van der Waals surface area contributed by atoms with Crippen LogP contribution in [0.3, 0.4) is 0 Å². The van der Waals surface area contributed by atoms with E-state index in [2.05, 4.69) is 19.8 Å². The Morgan fingerprint density at radius 3 is 2.55 bits per heavy atom. The highest BCUT2D eigenvalue weighted by atomic mass is 19.4. The Morgan fingerprint density at radius 2 is 1.82 bits per heavy atom. The molecule has 0 bridgehead atoms. The minimum absolute atomic E-state index is 0.102. The van der Waals surface area contributed by atoms with E-state index in [1.54, 1.807) is 36.7 Å². The van der Waals surface area contributed by atoms with E-state index >= 15 is 0 Å².